The van der Waals surface area contributed by atoms with Crippen molar-refractivity contribution in [1.82, 2.24) is 10.2 Å². The topological polar surface area (TPSA) is 35.6 Å². The van der Waals surface area contributed by atoms with E-state index in [2.05, 4.69) is 10.2 Å². The first-order valence-electron chi connectivity index (χ1n) is 12.3. The fraction of sp³-hybridized carbons (Fsp3) is 0.310. The van der Waals surface area contributed by atoms with Crippen LogP contribution in [0.5, 0.6) is 0 Å². The molecule has 0 atom stereocenters. The van der Waals surface area contributed by atoms with Crippen LogP contribution in [0.3, 0.4) is 0 Å². The Morgan fingerprint density at radius 2 is 1.49 bits per heavy atom. The van der Waals surface area contributed by atoms with Crippen molar-refractivity contribution < 1.29 is 13.6 Å². The molecule has 0 spiro atoms. The zero-order valence-corrected chi connectivity index (χ0v) is 22.3. The number of hydrogen-bond donors (Lipinski definition) is 1. The van der Waals surface area contributed by atoms with Gasteiger partial charge in [0.05, 0.1) is 12.1 Å². The minimum Gasteiger partial charge on any atom is -0.312 e. The van der Waals surface area contributed by atoms with Crippen molar-refractivity contribution in [2.75, 3.05) is 24.5 Å². The van der Waals surface area contributed by atoms with Crippen LogP contribution in [0.4, 0.5) is 14.5 Å². The van der Waals surface area contributed by atoms with Gasteiger partial charge in [-0.05, 0) is 53.4 Å². The maximum absolute atomic E-state index is 14.1. The number of carbonyl (C=O) groups excluding carboxylic acids is 1. The van der Waals surface area contributed by atoms with Gasteiger partial charge in [0.25, 0.3) is 0 Å². The SMILES string of the molecule is CC(C)[CH]NCCC(=O)N(c1cc(F)cc(F)c1)C1CN(C(c2ccc(Cl)cc2)c2ccc(Cl)cc2)C1. The van der Waals surface area contributed by atoms with E-state index in [-0.39, 0.29) is 30.1 Å². The summed E-state index contributed by atoms with van der Waals surface area (Å²) >= 11 is 12.3. The number of likely N-dealkylation sites (tertiary alicyclic amines) is 1. The van der Waals surface area contributed by atoms with Gasteiger partial charge in [0.1, 0.15) is 11.6 Å². The fourth-order valence-electron chi connectivity index (χ4n) is 4.62. The Labute approximate surface area is 227 Å². The number of anilines is 1. The standard InChI is InChI=1S/C29H30Cl2F2N3O/c1-19(2)16-34-12-11-28(37)36(26-14-24(32)13-25(33)15-26)27-17-35(18-27)29(20-3-7-22(30)8-4-20)21-5-9-23(31)10-6-21/h3-10,13-16,19,27,29,34H,11-12,17-18H2,1-2H3. The van der Waals surface area contributed by atoms with Gasteiger partial charge in [0, 0.05) is 54.4 Å². The summed E-state index contributed by atoms with van der Waals surface area (Å²) in [4.78, 5) is 17.1. The summed E-state index contributed by atoms with van der Waals surface area (Å²) in [5.74, 6) is -1.28. The Morgan fingerprint density at radius 3 is 1.97 bits per heavy atom. The highest BCUT2D eigenvalue weighted by atomic mass is 35.5. The minimum absolute atomic E-state index is 0.0886. The number of amides is 1. The van der Waals surface area contributed by atoms with Crippen LogP contribution in [0.15, 0.2) is 66.7 Å². The van der Waals surface area contributed by atoms with Gasteiger partial charge in [-0.25, -0.2) is 8.78 Å². The molecule has 1 N–H and O–H groups in total. The van der Waals surface area contributed by atoms with Gasteiger partial charge in [-0.3, -0.25) is 9.69 Å². The van der Waals surface area contributed by atoms with Crippen molar-refractivity contribution in [2.24, 2.45) is 5.92 Å². The molecule has 0 unspecified atom stereocenters. The molecule has 3 aromatic rings. The van der Waals surface area contributed by atoms with Gasteiger partial charge in [-0.2, -0.15) is 0 Å². The van der Waals surface area contributed by atoms with Crippen molar-refractivity contribution in [3.05, 3.63) is 106 Å². The van der Waals surface area contributed by atoms with Gasteiger partial charge in [0.2, 0.25) is 5.91 Å². The number of rotatable bonds is 10. The molecule has 4 rings (SSSR count). The Bertz CT molecular complexity index is 1130. The number of benzene rings is 3. The summed E-state index contributed by atoms with van der Waals surface area (Å²) < 4.78 is 28.2. The third kappa shape index (κ3) is 7.08. The second-order valence-corrected chi connectivity index (χ2v) is 10.5. The average Bonchev–Trinajstić information content (AvgIpc) is 2.81. The third-order valence-corrected chi connectivity index (χ3v) is 6.82. The molecule has 195 valence electrons. The van der Waals surface area contributed by atoms with Crippen molar-refractivity contribution >= 4 is 34.8 Å². The van der Waals surface area contributed by atoms with E-state index in [1.54, 1.807) is 4.90 Å². The zero-order valence-electron chi connectivity index (χ0n) is 20.8. The molecular formula is C29H30Cl2F2N3O. The summed E-state index contributed by atoms with van der Waals surface area (Å²) in [6, 6.07) is 18.3. The molecule has 1 saturated heterocycles. The van der Waals surface area contributed by atoms with E-state index in [9.17, 15) is 13.6 Å². The Kier molecular flexibility index (Phi) is 9.19. The molecule has 0 bridgehead atoms. The summed E-state index contributed by atoms with van der Waals surface area (Å²) in [6.07, 6.45) is 0.204. The summed E-state index contributed by atoms with van der Waals surface area (Å²) in [7, 11) is 0. The van der Waals surface area contributed by atoms with Gasteiger partial charge < -0.3 is 10.2 Å². The molecule has 37 heavy (non-hydrogen) atoms. The van der Waals surface area contributed by atoms with E-state index in [0.29, 0.717) is 35.6 Å². The average molecular weight is 545 g/mol. The van der Waals surface area contributed by atoms with Crippen LogP contribution in [0.1, 0.15) is 37.4 Å². The lowest BCUT2D eigenvalue weighted by molar-refractivity contribution is -0.119. The van der Waals surface area contributed by atoms with E-state index in [0.717, 1.165) is 17.2 Å². The van der Waals surface area contributed by atoms with E-state index >= 15 is 0 Å². The highest BCUT2D eigenvalue weighted by molar-refractivity contribution is 6.30. The normalized spacial score (nSPS) is 14.3. The maximum atomic E-state index is 14.1. The quantitative estimate of drug-likeness (QED) is 0.282. The zero-order chi connectivity index (χ0) is 26.5. The Morgan fingerprint density at radius 1 is 0.973 bits per heavy atom. The van der Waals surface area contributed by atoms with Crippen LogP contribution >= 0.6 is 23.2 Å². The van der Waals surface area contributed by atoms with Crippen LogP contribution < -0.4 is 10.2 Å². The molecule has 0 saturated carbocycles. The van der Waals surface area contributed by atoms with E-state index < -0.39 is 11.6 Å². The predicted molar refractivity (Wildman–Crippen MR) is 146 cm³/mol. The molecule has 0 aliphatic carbocycles. The fourth-order valence-corrected chi connectivity index (χ4v) is 4.87. The largest absolute Gasteiger partial charge is 0.312 e. The lowest BCUT2D eigenvalue weighted by Gasteiger charge is -2.49. The Balaban J connectivity index is 1.56. The maximum Gasteiger partial charge on any atom is 0.228 e. The first-order chi connectivity index (χ1) is 17.7. The molecule has 3 aromatic carbocycles. The summed E-state index contributed by atoms with van der Waals surface area (Å²) in [5.41, 5.74) is 2.33. The molecule has 8 heteroatoms. The molecule has 1 fully saturated rings. The molecule has 1 amide bonds. The van der Waals surface area contributed by atoms with Crippen molar-refractivity contribution in [2.45, 2.75) is 32.4 Å². The highest BCUT2D eigenvalue weighted by Crippen LogP contribution is 2.36. The monoisotopic (exact) mass is 544 g/mol. The summed E-state index contributed by atoms with van der Waals surface area (Å²) in [6.45, 7) is 7.51. The van der Waals surface area contributed by atoms with Crippen molar-refractivity contribution in [3.8, 4) is 0 Å². The van der Waals surface area contributed by atoms with Gasteiger partial charge in [-0.1, -0.05) is 61.3 Å². The molecule has 0 aromatic heterocycles. The van der Waals surface area contributed by atoms with Gasteiger partial charge >= 0.3 is 0 Å². The summed E-state index contributed by atoms with van der Waals surface area (Å²) in [5, 5.41) is 4.44. The second-order valence-electron chi connectivity index (χ2n) is 9.62. The van der Waals surface area contributed by atoms with Crippen LogP contribution in [0, 0.1) is 24.1 Å². The lowest BCUT2D eigenvalue weighted by Crippen LogP contribution is -2.62. The van der Waals surface area contributed by atoms with Crippen LogP contribution in [0.2, 0.25) is 10.0 Å². The molecule has 4 nitrogen and oxygen atoms in total. The lowest BCUT2D eigenvalue weighted by atomic mass is 9.92. The van der Waals surface area contributed by atoms with Crippen LogP contribution in [-0.4, -0.2) is 36.5 Å². The molecule has 1 aliphatic heterocycles. The van der Waals surface area contributed by atoms with Gasteiger partial charge in [-0.15, -0.1) is 0 Å². The Hall–Kier alpha value is -2.51. The third-order valence-electron chi connectivity index (χ3n) is 6.32. The number of nitrogens with zero attached hydrogens (tertiary/aromatic N) is 2. The molecule has 1 radical (unpaired) electrons. The predicted octanol–water partition coefficient (Wildman–Crippen LogP) is 6.88. The van der Waals surface area contributed by atoms with Crippen LogP contribution in [-0.2, 0) is 4.79 Å². The molecule has 1 heterocycles. The molecule has 1 aliphatic rings. The van der Waals surface area contributed by atoms with Crippen molar-refractivity contribution in [1.29, 1.82) is 0 Å². The van der Waals surface area contributed by atoms with E-state index in [1.165, 1.54) is 12.1 Å². The van der Waals surface area contributed by atoms with Gasteiger partial charge in [0.15, 0.2) is 0 Å². The van der Waals surface area contributed by atoms with Crippen molar-refractivity contribution in [3.63, 3.8) is 0 Å². The highest BCUT2D eigenvalue weighted by Gasteiger charge is 2.39. The number of nitrogens with one attached hydrogen (secondary N) is 1. The number of hydrogen-bond acceptors (Lipinski definition) is 3. The minimum atomic E-state index is -0.713. The molecular weight excluding hydrogens is 515 g/mol. The first kappa shape index (κ1) is 27.5. The number of halogens is 4. The van der Waals surface area contributed by atoms with E-state index in [1.807, 2.05) is 68.9 Å². The smallest absolute Gasteiger partial charge is 0.228 e. The first-order valence-corrected chi connectivity index (χ1v) is 13.1. The number of carbonyl (C=O) groups is 1. The second kappa shape index (κ2) is 12.4. The van der Waals surface area contributed by atoms with Crippen LogP contribution in [0.25, 0.3) is 0 Å². The van der Waals surface area contributed by atoms with E-state index in [4.69, 9.17) is 23.2 Å².